The largest absolute Gasteiger partial charge is 0.330 e. The Morgan fingerprint density at radius 1 is 1.31 bits per heavy atom. The first-order chi connectivity index (χ1) is 7.77. The van der Waals surface area contributed by atoms with E-state index in [1.807, 2.05) is 0 Å². The zero-order valence-electron chi connectivity index (χ0n) is 10.8. The molecule has 0 bridgehead atoms. The minimum atomic E-state index is 0.767. The van der Waals surface area contributed by atoms with Crippen LogP contribution in [0.2, 0.25) is 0 Å². The molecule has 2 fully saturated rings. The van der Waals surface area contributed by atoms with Gasteiger partial charge in [-0.3, -0.25) is 0 Å². The third-order valence-electron chi connectivity index (χ3n) is 4.52. The fourth-order valence-electron chi connectivity index (χ4n) is 2.93. The fourth-order valence-corrected chi connectivity index (χ4v) is 2.93. The van der Waals surface area contributed by atoms with Crippen LogP contribution in [0, 0.1) is 17.3 Å². The summed E-state index contributed by atoms with van der Waals surface area (Å²) in [6.45, 7) is 5.67. The summed E-state index contributed by atoms with van der Waals surface area (Å²) in [4.78, 5) is 0. The van der Waals surface area contributed by atoms with Crippen LogP contribution < -0.4 is 11.1 Å². The molecule has 2 aliphatic rings. The summed E-state index contributed by atoms with van der Waals surface area (Å²) in [5.41, 5.74) is 6.32. The Balaban J connectivity index is 1.46. The van der Waals surface area contributed by atoms with E-state index in [-0.39, 0.29) is 0 Å². The van der Waals surface area contributed by atoms with Gasteiger partial charge in [-0.15, -0.1) is 0 Å². The van der Waals surface area contributed by atoms with Crippen LogP contribution in [-0.2, 0) is 0 Å². The van der Waals surface area contributed by atoms with Crippen LogP contribution in [0.3, 0.4) is 0 Å². The Morgan fingerprint density at radius 3 is 2.62 bits per heavy atom. The van der Waals surface area contributed by atoms with Crippen molar-refractivity contribution in [3.63, 3.8) is 0 Å². The summed E-state index contributed by atoms with van der Waals surface area (Å²) in [6, 6.07) is 0. The van der Waals surface area contributed by atoms with Gasteiger partial charge in [-0.1, -0.05) is 6.92 Å². The molecule has 0 heterocycles. The highest BCUT2D eigenvalue weighted by Gasteiger charge is 2.52. The number of rotatable bonds is 9. The van der Waals surface area contributed by atoms with E-state index in [1.54, 1.807) is 0 Å². The van der Waals surface area contributed by atoms with Crippen molar-refractivity contribution in [2.24, 2.45) is 23.0 Å². The third kappa shape index (κ3) is 3.46. The fraction of sp³-hybridized carbons (Fsp3) is 1.00. The Morgan fingerprint density at radius 2 is 2.06 bits per heavy atom. The molecule has 2 aliphatic carbocycles. The van der Waals surface area contributed by atoms with E-state index in [2.05, 4.69) is 12.2 Å². The van der Waals surface area contributed by atoms with Gasteiger partial charge < -0.3 is 11.1 Å². The van der Waals surface area contributed by atoms with Crippen LogP contribution in [-0.4, -0.2) is 19.6 Å². The molecule has 2 rings (SSSR count). The van der Waals surface area contributed by atoms with Gasteiger partial charge in [0.25, 0.3) is 0 Å². The van der Waals surface area contributed by atoms with Crippen molar-refractivity contribution >= 4 is 0 Å². The molecule has 2 saturated carbocycles. The molecule has 0 aliphatic heterocycles. The summed E-state index contributed by atoms with van der Waals surface area (Å²) < 4.78 is 0. The van der Waals surface area contributed by atoms with Crippen molar-refractivity contribution in [2.75, 3.05) is 19.6 Å². The SMILES string of the molecule is CC(CCN)CCCNCC1(C2CC2)CC1. The molecule has 0 aromatic heterocycles. The molecule has 2 nitrogen and oxygen atoms in total. The first-order valence-corrected chi connectivity index (χ1v) is 7.18. The lowest BCUT2D eigenvalue weighted by atomic mass is 10.00. The maximum Gasteiger partial charge on any atom is 0.00105 e. The third-order valence-corrected chi connectivity index (χ3v) is 4.52. The molecule has 3 N–H and O–H groups in total. The van der Waals surface area contributed by atoms with Gasteiger partial charge in [0.1, 0.15) is 0 Å². The zero-order valence-corrected chi connectivity index (χ0v) is 10.8. The first kappa shape index (κ1) is 12.4. The van der Waals surface area contributed by atoms with Crippen LogP contribution in [0.4, 0.5) is 0 Å². The standard InChI is InChI=1S/C14H28N2/c1-12(6-9-15)3-2-10-16-11-14(7-8-14)13-4-5-13/h12-13,16H,2-11,15H2,1H3. The van der Waals surface area contributed by atoms with Gasteiger partial charge in [-0.25, -0.2) is 0 Å². The number of hydrogen-bond donors (Lipinski definition) is 2. The summed E-state index contributed by atoms with van der Waals surface area (Å²) in [5, 5.41) is 3.68. The molecule has 0 radical (unpaired) electrons. The van der Waals surface area contributed by atoms with Crippen molar-refractivity contribution in [1.29, 1.82) is 0 Å². The molecule has 2 heteroatoms. The van der Waals surface area contributed by atoms with Crippen molar-refractivity contribution in [1.82, 2.24) is 5.32 Å². The number of hydrogen-bond acceptors (Lipinski definition) is 2. The van der Waals surface area contributed by atoms with Gasteiger partial charge in [0.15, 0.2) is 0 Å². The number of nitrogens with one attached hydrogen (secondary N) is 1. The maximum atomic E-state index is 5.55. The van der Waals surface area contributed by atoms with E-state index in [9.17, 15) is 0 Å². The normalized spacial score (nSPS) is 24.4. The van der Waals surface area contributed by atoms with Crippen LogP contribution in [0.25, 0.3) is 0 Å². The molecule has 16 heavy (non-hydrogen) atoms. The lowest BCUT2D eigenvalue weighted by Gasteiger charge is -2.15. The monoisotopic (exact) mass is 224 g/mol. The summed E-state index contributed by atoms with van der Waals surface area (Å²) in [6.07, 6.45) is 9.85. The van der Waals surface area contributed by atoms with Gasteiger partial charge in [-0.05, 0) is 75.3 Å². The predicted octanol–water partition coefficient (Wildman–Crippen LogP) is 2.53. The number of nitrogens with two attached hydrogens (primary N) is 1. The summed E-state index contributed by atoms with van der Waals surface area (Å²) >= 11 is 0. The van der Waals surface area contributed by atoms with Crippen molar-refractivity contribution in [3.05, 3.63) is 0 Å². The van der Waals surface area contributed by atoms with E-state index >= 15 is 0 Å². The highest BCUT2D eigenvalue weighted by molar-refractivity contribution is 5.04. The van der Waals surface area contributed by atoms with E-state index in [0.29, 0.717) is 0 Å². The second-order valence-electron chi connectivity index (χ2n) is 6.14. The predicted molar refractivity (Wildman–Crippen MR) is 69.3 cm³/mol. The Hall–Kier alpha value is -0.0800. The highest BCUT2D eigenvalue weighted by atomic mass is 14.9. The van der Waals surface area contributed by atoms with Gasteiger partial charge in [0.05, 0.1) is 0 Å². The topological polar surface area (TPSA) is 38.0 Å². The molecule has 94 valence electrons. The van der Waals surface area contributed by atoms with Crippen molar-refractivity contribution in [3.8, 4) is 0 Å². The van der Waals surface area contributed by atoms with Crippen LogP contribution in [0.15, 0.2) is 0 Å². The van der Waals surface area contributed by atoms with Gasteiger partial charge >= 0.3 is 0 Å². The Kier molecular flexibility index (Phi) is 4.26. The lowest BCUT2D eigenvalue weighted by molar-refractivity contribution is 0.392. The average molecular weight is 224 g/mol. The second kappa shape index (κ2) is 5.50. The molecule has 0 saturated heterocycles. The Bertz CT molecular complexity index is 207. The van der Waals surface area contributed by atoms with Gasteiger partial charge in [0.2, 0.25) is 0 Å². The molecule has 0 amide bonds. The molecule has 0 aromatic carbocycles. The minimum absolute atomic E-state index is 0.767. The van der Waals surface area contributed by atoms with E-state index < -0.39 is 0 Å². The van der Waals surface area contributed by atoms with E-state index in [1.165, 1.54) is 58.0 Å². The zero-order chi connectivity index (χ0) is 11.4. The smallest absolute Gasteiger partial charge is 0.00105 e. The van der Waals surface area contributed by atoms with Crippen LogP contribution in [0.5, 0.6) is 0 Å². The molecule has 0 spiro atoms. The van der Waals surface area contributed by atoms with Crippen molar-refractivity contribution in [2.45, 2.75) is 51.9 Å². The first-order valence-electron chi connectivity index (χ1n) is 7.18. The molecule has 1 unspecified atom stereocenters. The summed E-state index contributed by atoms with van der Waals surface area (Å²) in [7, 11) is 0. The molecular weight excluding hydrogens is 196 g/mol. The highest BCUT2D eigenvalue weighted by Crippen LogP contribution is 2.60. The Labute approximate surface area is 100 Å². The molecular formula is C14H28N2. The average Bonchev–Trinajstić information content (AvgIpc) is 3.12. The van der Waals surface area contributed by atoms with E-state index in [0.717, 1.165) is 23.8 Å². The lowest BCUT2D eigenvalue weighted by Crippen LogP contribution is -2.26. The van der Waals surface area contributed by atoms with Crippen molar-refractivity contribution < 1.29 is 0 Å². The van der Waals surface area contributed by atoms with Gasteiger partial charge in [0, 0.05) is 6.54 Å². The van der Waals surface area contributed by atoms with E-state index in [4.69, 9.17) is 5.73 Å². The molecule has 0 aromatic rings. The minimum Gasteiger partial charge on any atom is -0.330 e. The maximum absolute atomic E-state index is 5.55. The van der Waals surface area contributed by atoms with Crippen LogP contribution in [0.1, 0.15) is 51.9 Å². The molecule has 1 atom stereocenters. The quantitative estimate of drug-likeness (QED) is 0.591. The van der Waals surface area contributed by atoms with Crippen LogP contribution >= 0.6 is 0 Å². The summed E-state index contributed by atoms with van der Waals surface area (Å²) in [5.74, 6) is 1.90. The second-order valence-corrected chi connectivity index (χ2v) is 6.14. The van der Waals surface area contributed by atoms with Gasteiger partial charge in [-0.2, -0.15) is 0 Å².